The van der Waals surface area contributed by atoms with E-state index in [4.69, 9.17) is 4.42 Å². The van der Waals surface area contributed by atoms with Crippen molar-refractivity contribution in [1.82, 2.24) is 10.2 Å². The summed E-state index contributed by atoms with van der Waals surface area (Å²) < 4.78 is 5.28. The lowest BCUT2D eigenvalue weighted by atomic mass is 9.89. The second-order valence-electron chi connectivity index (χ2n) is 5.54. The third-order valence-corrected chi connectivity index (χ3v) is 4.24. The van der Waals surface area contributed by atoms with Crippen LogP contribution in [0.2, 0.25) is 0 Å². The van der Waals surface area contributed by atoms with Crippen LogP contribution in [-0.4, -0.2) is 36.5 Å². The van der Waals surface area contributed by atoms with Gasteiger partial charge in [-0.1, -0.05) is 20.3 Å². The van der Waals surface area contributed by atoms with Crippen molar-refractivity contribution in [3.8, 4) is 0 Å². The van der Waals surface area contributed by atoms with Crippen molar-refractivity contribution >= 4 is 5.91 Å². The van der Waals surface area contributed by atoms with Crippen LogP contribution in [-0.2, 0) is 11.2 Å². The van der Waals surface area contributed by atoms with Crippen LogP contribution < -0.4 is 5.32 Å². The number of nitrogens with one attached hydrogen (secondary N) is 1. The first kappa shape index (κ1) is 15.1. The molecule has 2 unspecified atom stereocenters. The van der Waals surface area contributed by atoms with Crippen LogP contribution in [0.3, 0.4) is 0 Å². The number of hydrogen-bond donors (Lipinski definition) is 1. The topological polar surface area (TPSA) is 45.5 Å². The standard InChI is InChI=1S/C16H26N2O2/c1-3-13-12-18(10-9-15(13)17-4-2)16(19)8-7-14-6-5-11-20-14/h5-6,11,13,15,17H,3-4,7-10,12H2,1-2H3. The van der Waals surface area contributed by atoms with Gasteiger partial charge in [0.2, 0.25) is 5.91 Å². The Balaban J connectivity index is 1.82. The lowest BCUT2D eigenvalue weighted by molar-refractivity contribution is -0.133. The highest BCUT2D eigenvalue weighted by Gasteiger charge is 2.29. The molecule has 2 heterocycles. The van der Waals surface area contributed by atoms with Crippen LogP contribution in [0.5, 0.6) is 0 Å². The van der Waals surface area contributed by atoms with Crippen LogP contribution in [0, 0.1) is 5.92 Å². The van der Waals surface area contributed by atoms with Crippen molar-refractivity contribution in [2.45, 2.75) is 45.6 Å². The molecule has 112 valence electrons. The summed E-state index contributed by atoms with van der Waals surface area (Å²) in [5.74, 6) is 1.74. The molecule has 0 saturated carbocycles. The number of hydrogen-bond acceptors (Lipinski definition) is 3. The Hall–Kier alpha value is -1.29. The quantitative estimate of drug-likeness (QED) is 0.869. The van der Waals surface area contributed by atoms with Crippen molar-refractivity contribution in [3.05, 3.63) is 24.2 Å². The van der Waals surface area contributed by atoms with Gasteiger partial charge in [-0.05, 0) is 31.0 Å². The van der Waals surface area contributed by atoms with Gasteiger partial charge in [-0.3, -0.25) is 4.79 Å². The van der Waals surface area contributed by atoms with Crippen LogP contribution in [0.1, 0.15) is 38.9 Å². The van der Waals surface area contributed by atoms with Crippen LogP contribution in [0.15, 0.2) is 22.8 Å². The number of piperidine rings is 1. The third-order valence-electron chi connectivity index (χ3n) is 4.24. The Morgan fingerprint density at radius 3 is 3.00 bits per heavy atom. The van der Waals surface area contributed by atoms with Gasteiger partial charge in [-0.2, -0.15) is 0 Å². The molecule has 1 amide bonds. The fraction of sp³-hybridized carbons (Fsp3) is 0.688. The molecule has 1 saturated heterocycles. The van der Waals surface area contributed by atoms with Crippen molar-refractivity contribution in [2.75, 3.05) is 19.6 Å². The largest absolute Gasteiger partial charge is 0.469 e. The van der Waals surface area contributed by atoms with E-state index in [9.17, 15) is 4.79 Å². The molecule has 1 aromatic rings. The van der Waals surface area contributed by atoms with Gasteiger partial charge in [-0.25, -0.2) is 0 Å². The Labute approximate surface area is 121 Å². The number of aryl methyl sites for hydroxylation is 1. The summed E-state index contributed by atoms with van der Waals surface area (Å²) in [6, 6.07) is 4.37. The van der Waals surface area contributed by atoms with Crippen molar-refractivity contribution in [3.63, 3.8) is 0 Å². The minimum atomic E-state index is 0.259. The summed E-state index contributed by atoms with van der Waals surface area (Å²) in [4.78, 5) is 14.3. The molecule has 1 aromatic heterocycles. The molecule has 20 heavy (non-hydrogen) atoms. The van der Waals surface area contributed by atoms with Crippen LogP contribution in [0.25, 0.3) is 0 Å². The smallest absolute Gasteiger partial charge is 0.223 e. The van der Waals surface area contributed by atoms with Gasteiger partial charge < -0.3 is 14.6 Å². The zero-order valence-electron chi connectivity index (χ0n) is 12.6. The summed E-state index contributed by atoms with van der Waals surface area (Å²) in [6.07, 6.45) is 5.11. The first-order valence-electron chi connectivity index (χ1n) is 7.78. The molecule has 0 aliphatic carbocycles. The number of amides is 1. The normalized spacial score (nSPS) is 23.0. The van der Waals surface area contributed by atoms with Crippen molar-refractivity contribution in [1.29, 1.82) is 0 Å². The molecule has 0 aromatic carbocycles. The number of nitrogens with zero attached hydrogens (tertiary/aromatic N) is 1. The highest BCUT2D eigenvalue weighted by atomic mass is 16.3. The maximum absolute atomic E-state index is 12.3. The number of carbonyl (C=O) groups is 1. The van der Waals surface area contributed by atoms with Gasteiger partial charge in [-0.15, -0.1) is 0 Å². The highest BCUT2D eigenvalue weighted by molar-refractivity contribution is 5.76. The number of likely N-dealkylation sites (tertiary alicyclic amines) is 1. The summed E-state index contributed by atoms with van der Waals surface area (Å²) in [6.45, 7) is 7.14. The summed E-state index contributed by atoms with van der Waals surface area (Å²) in [7, 11) is 0. The molecule has 0 bridgehead atoms. The minimum absolute atomic E-state index is 0.259. The molecule has 4 nitrogen and oxygen atoms in total. The number of carbonyl (C=O) groups excluding carboxylic acids is 1. The lowest BCUT2D eigenvalue weighted by Crippen LogP contribution is -2.50. The van der Waals surface area contributed by atoms with Gasteiger partial charge in [0, 0.05) is 32.0 Å². The maximum Gasteiger partial charge on any atom is 0.223 e. The molecule has 2 atom stereocenters. The van der Waals surface area contributed by atoms with Crippen molar-refractivity contribution < 1.29 is 9.21 Å². The van der Waals surface area contributed by atoms with E-state index < -0.39 is 0 Å². The second-order valence-corrected chi connectivity index (χ2v) is 5.54. The van der Waals surface area contributed by atoms with Crippen LogP contribution in [0.4, 0.5) is 0 Å². The van der Waals surface area contributed by atoms with Crippen molar-refractivity contribution in [2.24, 2.45) is 5.92 Å². The molecule has 0 spiro atoms. The number of rotatable bonds is 6. The fourth-order valence-corrected chi connectivity index (χ4v) is 3.05. The molecular formula is C16H26N2O2. The van der Waals surface area contributed by atoms with Gasteiger partial charge in [0.15, 0.2) is 0 Å². The van der Waals surface area contributed by atoms with E-state index in [1.165, 1.54) is 0 Å². The monoisotopic (exact) mass is 278 g/mol. The van der Waals surface area contributed by atoms with E-state index in [2.05, 4.69) is 19.2 Å². The van der Waals surface area contributed by atoms with Gasteiger partial charge in [0.05, 0.1) is 6.26 Å². The van der Waals surface area contributed by atoms with E-state index in [1.54, 1.807) is 6.26 Å². The predicted molar refractivity (Wildman–Crippen MR) is 79.5 cm³/mol. The summed E-state index contributed by atoms with van der Waals surface area (Å²) in [5.41, 5.74) is 0. The van der Waals surface area contributed by atoms with Crippen LogP contribution >= 0.6 is 0 Å². The molecule has 4 heteroatoms. The fourth-order valence-electron chi connectivity index (χ4n) is 3.05. The SMILES string of the molecule is CCNC1CCN(C(=O)CCc2ccco2)CC1CC. The van der Waals surface area contributed by atoms with E-state index in [1.807, 2.05) is 17.0 Å². The molecule has 1 aliphatic rings. The van der Waals surface area contributed by atoms with E-state index in [0.717, 1.165) is 38.2 Å². The Bertz CT molecular complexity index is 403. The lowest BCUT2D eigenvalue weighted by Gasteiger charge is -2.38. The molecule has 1 fully saturated rings. The predicted octanol–water partition coefficient (Wildman–Crippen LogP) is 2.45. The first-order valence-corrected chi connectivity index (χ1v) is 7.78. The second kappa shape index (κ2) is 7.48. The molecule has 0 radical (unpaired) electrons. The molecular weight excluding hydrogens is 252 g/mol. The zero-order chi connectivity index (χ0) is 14.4. The minimum Gasteiger partial charge on any atom is -0.469 e. The number of furan rings is 1. The summed E-state index contributed by atoms with van der Waals surface area (Å²) >= 11 is 0. The molecule has 1 N–H and O–H groups in total. The highest BCUT2D eigenvalue weighted by Crippen LogP contribution is 2.21. The average molecular weight is 278 g/mol. The van der Waals surface area contributed by atoms with E-state index >= 15 is 0 Å². The third kappa shape index (κ3) is 3.85. The van der Waals surface area contributed by atoms with E-state index in [-0.39, 0.29) is 5.91 Å². The first-order chi connectivity index (χ1) is 9.74. The Kier molecular flexibility index (Phi) is 5.65. The maximum atomic E-state index is 12.3. The van der Waals surface area contributed by atoms with Gasteiger partial charge in [0.1, 0.15) is 5.76 Å². The molecule has 2 rings (SSSR count). The van der Waals surface area contributed by atoms with E-state index in [0.29, 0.717) is 24.8 Å². The zero-order valence-corrected chi connectivity index (χ0v) is 12.6. The summed E-state index contributed by atoms with van der Waals surface area (Å²) in [5, 5.41) is 3.55. The average Bonchev–Trinajstić information content (AvgIpc) is 2.98. The van der Waals surface area contributed by atoms with Gasteiger partial charge >= 0.3 is 0 Å². The van der Waals surface area contributed by atoms with Gasteiger partial charge in [0.25, 0.3) is 0 Å². The molecule has 1 aliphatic heterocycles. The Morgan fingerprint density at radius 2 is 2.35 bits per heavy atom. The Morgan fingerprint density at radius 1 is 1.50 bits per heavy atom.